The first-order chi connectivity index (χ1) is 11.7. The van der Waals surface area contributed by atoms with Crippen LogP contribution in [0.15, 0.2) is 35.3 Å². The van der Waals surface area contributed by atoms with Crippen LogP contribution in [0.2, 0.25) is 0 Å². The molecule has 1 saturated carbocycles. The van der Waals surface area contributed by atoms with Gasteiger partial charge < -0.3 is 9.47 Å². The van der Waals surface area contributed by atoms with Crippen molar-refractivity contribution in [2.45, 2.75) is 32.1 Å². The fourth-order valence-electron chi connectivity index (χ4n) is 5.08. The smallest absolute Gasteiger partial charge is 0.122 e. The molecule has 3 heteroatoms. The monoisotopic (exact) mass is 325 g/mol. The highest BCUT2D eigenvalue weighted by Gasteiger charge is 2.45. The molecule has 0 spiro atoms. The average Bonchev–Trinajstić information content (AvgIpc) is 2.64. The van der Waals surface area contributed by atoms with Crippen LogP contribution < -0.4 is 9.47 Å². The number of allylic oxidation sites excluding steroid dienone is 2. The van der Waals surface area contributed by atoms with Gasteiger partial charge in [-0.05, 0) is 54.7 Å². The molecule has 2 aliphatic carbocycles. The normalized spacial score (nSPS) is 34.3. The third kappa shape index (κ3) is 2.54. The van der Waals surface area contributed by atoms with E-state index in [-0.39, 0.29) is 0 Å². The number of rotatable bonds is 3. The van der Waals surface area contributed by atoms with Crippen molar-refractivity contribution in [1.29, 1.82) is 0 Å². The molecule has 1 heterocycles. The molecule has 1 aromatic carbocycles. The lowest BCUT2D eigenvalue weighted by Crippen LogP contribution is -2.45. The van der Waals surface area contributed by atoms with E-state index < -0.39 is 0 Å². The summed E-state index contributed by atoms with van der Waals surface area (Å²) in [6.45, 7) is 3.36. The topological polar surface area (TPSA) is 30.8 Å². The molecular formula is C21H27NO2. The summed E-state index contributed by atoms with van der Waals surface area (Å²) < 4.78 is 11.0. The third-order valence-electron chi connectivity index (χ3n) is 6.21. The number of nitrogens with zero attached hydrogens (tertiary/aromatic N) is 1. The second-order valence-corrected chi connectivity index (χ2v) is 7.53. The van der Waals surface area contributed by atoms with Crippen molar-refractivity contribution in [3.8, 4) is 11.5 Å². The van der Waals surface area contributed by atoms with E-state index in [1.54, 1.807) is 14.2 Å². The summed E-state index contributed by atoms with van der Waals surface area (Å²) in [6.07, 6.45) is 8.72. The van der Waals surface area contributed by atoms with Gasteiger partial charge in [0.2, 0.25) is 0 Å². The number of hydrogen-bond acceptors (Lipinski definition) is 3. The van der Waals surface area contributed by atoms with Crippen molar-refractivity contribution >= 4 is 5.71 Å². The maximum atomic E-state index is 5.50. The van der Waals surface area contributed by atoms with Gasteiger partial charge in [0.1, 0.15) is 11.5 Å². The molecule has 128 valence electrons. The molecule has 0 saturated heterocycles. The molecular weight excluding hydrogens is 298 g/mol. The van der Waals surface area contributed by atoms with Crippen LogP contribution in [0.5, 0.6) is 11.5 Å². The van der Waals surface area contributed by atoms with Crippen LogP contribution in [0.25, 0.3) is 0 Å². The number of benzene rings is 1. The van der Waals surface area contributed by atoms with Crippen LogP contribution in [0, 0.1) is 23.7 Å². The van der Waals surface area contributed by atoms with E-state index in [9.17, 15) is 0 Å². The number of methoxy groups -OCH3 is 2. The molecule has 4 rings (SSSR count). The van der Waals surface area contributed by atoms with Gasteiger partial charge in [-0.2, -0.15) is 0 Å². The Morgan fingerprint density at radius 2 is 1.79 bits per heavy atom. The first-order valence-corrected chi connectivity index (χ1v) is 9.15. The Hall–Kier alpha value is -1.77. The van der Waals surface area contributed by atoms with E-state index in [0.717, 1.165) is 18.0 Å². The van der Waals surface area contributed by atoms with Crippen molar-refractivity contribution in [1.82, 2.24) is 0 Å². The predicted molar refractivity (Wildman–Crippen MR) is 97.2 cm³/mol. The van der Waals surface area contributed by atoms with Gasteiger partial charge in [-0.15, -0.1) is 0 Å². The van der Waals surface area contributed by atoms with E-state index in [2.05, 4.69) is 31.2 Å². The quantitative estimate of drug-likeness (QED) is 0.767. The van der Waals surface area contributed by atoms with Crippen LogP contribution in [-0.4, -0.2) is 26.5 Å². The minimum atomic E-state index is 0.425. The molecule has 0 unspecified atom stereocenters. The summed E-state index contributed by atoms with van der Waals surface area (Å²) in [5.41, 5.74) is 2.79. The van der Waals surface area contributed by atoms with Crippen molar-refractivity contribution in [2.24, 2.45) is 28.7 Å². The second kappa shape index (κ2) is 6.27. The average molecular weight is 325 g/mol. The van der Waals surface area contributed by atoms with Crippen LogP contribution in [0.4, 0.5) is 0 Å². The molecule has 0 bridgehead atoms. The first-order valence-electron chi connectivity index (χ1n) is 9.15. The van der Waals surface area contributed by atoms with Gasteiger partial charge in [-0.25, -0.2) is 0 Å². The van der Waals surface area contributed by atoms with Gasteiger partial charge >= 0.3 is 0 Å². The lowest BCUT2D eigenvalue weighted by molar-refractivity contribution is 0.186. The van der Waals surface area contributed by atoms with E-state index in [1.807, 2.05) is 6.07 Å². The van der Waals surface area contributed by atoms with E-state index in [4.69, 9.17) is 14.5 Å². The lowest BCUT2D eigenvalue weighted by atomic mass is 9.58. The maximum absolute atomic E-state index is 5.50. The fraction of sp³-hybridized carbons (Fsp3) is 0.571. The standard InChI is InChI=1S/C21H27NO2/c1-13-12-22-19-6-4-5-14-7-8-18(20(13)21(14)19)15-9-16(23-2)11-17(10-15)24-3/h7-11,13-14,18,20-21H,4-6,12H2,1-3H3/t13-,14+,18+,20-,21+/m0/s1. The minimum Gasteiger partial charge on any atom is -0.497 e. The maximum Gasteiger partial charge on any atom is 0.122 e. The number of aliphatic imine (C=N–C) groups is 1. The van der Waals surface area contributed by atoms with Gasteiger partial charge in [-0.1, -0.05) is 19.1 Å². The van der Waals surface area contributed by atoms with Gasteiger partial charge in [-0.3, -0.25) is 4.99 Å². The molecule has 3 nitrogen and oxygen atoms in total. The van der Waals surface area contributed by atoms with Gasteiger partial charge in [0.15, 0.2) is 0 Å². The van der Waals surface area contributed by atoms with E-state index >= 15 is 0 Å². The Balaban J connectivity index is 1.77. The molecule has 1 aromatic rings. The molecule has 0 N–H and O–H groups in total. The highest BCUT2D eigenvalue weighted by atomic mass is 16.5. The van der Waals surface area contributed by atoms with Gasteiger partial charge in [0, 0.05) is 30.2 Å². The predicted octanol–water partition coefficient (Wildman–Crippen LogP) is 4.48. The minimum absolute atomic E-state index is 0.425. The Morgan fingerprint density at radius 3 is 2.50 bits per heavy atom. The highest BCUT2D eigenvalue weighted by Crippen LogP contribution is 2.50. The van der Waals surface area contributed by atoms with E-state index in [1.165, 1.54) is 30.5 Å². The SMILES string of the molecule is COc1cc(OC)cc([C@H]2C=C[C@H]3CCCC4=NC[C@H](C)[C@@H]2[C@@H]43)c1. The van der Waals surface area contributed by atoms with Gasteiger partial charge in [0.05, 0.1) is 14.2 Å². The molecule has 5 atom stereocenters. The largest absolute Gasteiger partial charge is 0.497 e. The first kappa shape index (κ1) is 15.7. The van der Waals surface area contributed by atoms with Crippen LogP contribution >= 0.6 is 0 Å². The summed E-state index contributed by atoms with van der Waals surface area (Å²) in [5.74, 6) is 4.76. The summed E-state index contributed by atoms with van der Waals surface area (Å²) in [6, 6.07) is 6.31. The Bertz CT molecular complexity index is 656. The second-order valence-electron chi connectivity index (χ2n) is 7.53. The fourth-order valence-corrected chi connectivity index (χ4v) is 5.08. The molecule has 0 aromatic heterocycles. The zero-order valence-corrected chi connectivity index (χ0v) is 14.9. The van der Waals surface area contributed by atoms with E-state index in [0.29, 0.717) is 29.6 Å². The molecule has 1 fully saturated rings. The summed E-state index contributed by atoms with van der Waals surface area (Å²) in [5, 5.41) is 0. The molecule has 0 radical (unpaired) electrons. The van der Waals surface area contributed by atoms with Crippen molar-refractivity contribution in [3.63, 3.8) is 0 Å². The van der Waals surface area contributed by atoms with Crippen molar-refractivity contribution in [2.75, 3.05) is 20.8 Å². The third-order valence-corrected chi connectivity index (χ3v) is 6.21. The van der Waals surface area contributed by atoms with Gasteiger partial charge in [0.25, 0.3) is 0 Å². The Morgan fingerprint density at radius 1 is 1.04 bits per heavy atom. The Labute approximate surface area is 144 Å². The summed E-state index contributed by atoms with van der Waals surface area (Å²) >= 11 is 0. The zero-order chi connectivity index (χ0) is 16.7. The molecule has 3 aliphatic rings. The lowest BCUT2D eigenvalue weighted by Gasteiger charge is -2.48. The Kier molecular flexibility index (Phi) is 4.11. The zero-order valence-electron chi connectivity index (χ0n) is 14.9. The molecule has 1 aliphatic heterocycles. The van der Waals surface area contributed by atoms with Crippen molar-refractivity contribution in [3.05, 3.63) is 35.9 Å². The van der Waals surface area contributed by atoms with Crippen LogP contribution in [0.3, 0.4) is 0 Å². The summed E-state index contributed by atoms with van der Waals surface area (Å²) in [7, 11) is 3.45. The molecule has 24 heavy (non-hydrogen) atoms. The van der Waals surface area contributed by atoms with Crippen LogP contribution in [-0.2, 0) is 0 Å². The number of ether oxygens (including phenoxy) is 2. The van der Waals surface area contributed by atoms with Crippen molar-refractivity contribution < 1.29 is 9.47 Å². The highest BCUT2D eigenvalue weighted by molar-refractivity contribution is 5.89. The summed E-state index contributed by atoms with van der Waals surface area (Å²) in [4.78, 5) is 4.94. The van der Waals surface area contributed by atoms with Crippen LogP contribution in [0.1, 0.15) is 37.7 Å². The molecule has 0 amide bonds. The number of hydrogen-bond donors (Lipinski definition) is 0.